The number of carboxylic acids is 1. The molecule has 2 aromatic rings. The summed E-state index contributed by atoms with van der Waals surface area (Å²) < 4.78 is 32.8. The Balaban J connectivity index is 2.42. The molecule has 0 bridgehead atoms. The molecule has 0 unspecified atom stereocenters. The van der Waals surface area contributed by atoms with Crippen molar-refractivity contribution in [2.75, 3.05) is 7.11 Å². The maximum Gasteiger partial charge on any atom is 0.308 e. The van der Waals surface area contributed by atoms with Gasteiger partial charge in [-0.3, -0.25) is 9.59 Å². The number of aliphatic carboxylic acids is 1. The maximum absolute atomic E-state index is 12.9. The molecule has 9 heteroatoms. The summed E-state index contributed by atoms with van der Waals surface area (Å²) in [7, 11) is -2.82. The third-order valence-corrected chi connectivity index (χ3v) is 6.16. The quantitative estimate of drug-likeness (QED) is 0.580. The SMILES string of the molecule is COC(=O)CC[C@@H](C(=O)O)[C@H](NS(=O)(=O)c1ccc(C)cc1)c1ccc(Cl)cc1. The van der Waals surface area contributed by atoms with Crippen molar-refractivity contribution in [3.05, 3.63) is 64.7 Å². The number of carbonyl (C=O) groups excluding carboxylic acids is 1. The fourth-order valence-electron chi connectivity index (χ4n) is 2.81. The van der Waals surface area contributed by atoms with Crippen LogP contribution in [-0.2, 0) is 24.3 Å². The highest BCUT2D eigenvalue weighted by Crippen LogP contribution is 2.29. The number of halogens is 1. The minimum atomic E-state index is -4.02. The summed E-state index contributed by atoms with van der Waals surface area (Å²) in [6, 6.07) is 11.3. The summed E-state index contributed by atoms with van der Waals surface area (Å²) >= 11 is 5.91. The van der Waals surface area contributed by atoms with Crippen LogP contribution in [0.15, 0.2) is 53.4 Å². The van der Waals surface area contributed by atoms with Crippen LogP contribution in [0, 0.1) is 12.8 Å². The van der Waals surface area contributed by atoms with Gasteiger partial charge in [0.1, 0.15) is 0 Å². The molecular formula is C20H22ClNO6S. The van der Waals surface area contributed by atoms with Crippen molar-refractivity contribution in [1.82, 2.24) is 4.72 Å². The first-order valence-electron chi connectivity index (χ1n) is 8.78. The van der Waals surface area contributed by atoms with Crippen molar-refractivity contribution in [2.45, 2.75) is 30.7 Å². The molecule has 0 aromatic heterocycles. The number of aryl methyl sites for hydroxylation is 1. The number of benzene rings is 2. The zero-order valence-electron chi connectivity index (χ0n) is 16.0. The van der Waals surface area contributed by atoms with Crippen molar-refractivity contribution >= 4 is 33.6 Å². The van der Waals surface area contributed by atoms with Gasteiger partial charge < -0.3 is 9.84 Å². The topological polar surface area (TPSA) is 110 Å². The number of esters is 1. The lowest BCUT2D eigenvalue weighted by molar-refractivity contribution is -0.144. The van der Waals surface area contributed by atoms with Gasteiger partial charge in [0.25, 0.3) is 0 Å². The van der Waals surface area contributed by atoms with Crippen molar-refractivity contribution in [3.8, 4) is 0 Å². The molecule has 156 valence electrons. The molecule has 0 fully saturated rings. The van der Waals surface area contributed by atoms with Gasteiger partial charge in [0, 0.05) is 11.4 Å². The van der Waals surface area contributed by atoms with Gasteiger partial charge in [-0.15, -0.1) is 0 Å². The van der Waals surface area contributed by atoms with Crippen LogP contribution in [0.1, 0.15) is 30.0 Å². The van der Waals surface area contributed by atoms with E-state index in [1.165, 1.54) is 19.2 Å². The van der Waals surface area contributed by atoms with Crippen molar-refractivity contribution in [3.63, 3.8) is 0 Å². The molecule has 2 atom stereocenters. The molecule has 0 amide bonds. The first-order chi connectivity index (χ1) is 13.6. The molecule has 7 nitrogen and oxygen atoms in total. The van der Waals surface area contributed by atoms with Gasteiger partial charge in [0.05, 0.1) is 24.0 Å². The number of sulfonamides is 1. The fourth-order valence-corrected chi connectivity index (χ4v) is 4.20. The third kappa shape index (κ3) is 6.28. The Labute approximate surface area is 174 Å². The molecule has 0 saturated carbocycles. The van der Waals surface area contributed by atoms with Crippen LogP contribution in [-0.4, -0.2) is 32.6 Å². The molecular weight excluding hydrogens is 418 g/mol. The molecule has 0 aliphatic rings. The first kappa shape index (κ1) is 22.9. The smallest absolute Gasteiger partial charge is 0.308 e. The van der Waals surface area contributed by atoms with Crippen LogP contribution >= 0.6 is 11.6 Å². The second-order valence-electron chi connectivity index (χ2n) is 6.52. The average Bonchev–Trinajstić information content (AvgIpc) is 2.67. The monoisotopic (exact) mass is 439 g/mol. The van der Waals surface area contributed by atoms with Crippen LogP contribution in [0.25, 0.3) is 0 Å². The lowest BCUT2D eigenvalue weighted by Gasteiger charge is -2.25. The fraction of sp³-hybridized carbons (Fsp3) is 0.300. The highest BCUT2D eigenvalue weighted by Gasteiger charge is 2.33. The van der Waals surface area contributed by atoms with Gasteiger partial charge in [-0.05, 0) is 43.2 Å². The highest BCUT2D eigenvalue weighted by atomic mass is 35.5. The van der Waals surface area contributed by atoms with Crippen LogP contribution in [0.4, 0.5) is 0 Å². The van der Waals surface area contributed by atoms with Crippen LogP contribution in [0.3, 0.4) is 0 Å². The molecule has 0 aliphatic carbocycles. The molecule has 0 spiro atoms. The van der Waals surface area contributed by atoms with E-state index in [0.29, 0.717) is 10.6 Å². The van der Waals surface area contributed by atoms with Gasteiger partial charge in [-0.1, -0.05) is 41.4 Å². The maximum atomic E-state index is 12.9. The lowest BCUT2D eigenvalue weighted by Crippen LogP contribution is -2.37. The number of hydrogen-bond acceptors (Lipinski definition) is 5. The van der Waals surface area contributed by atoms with Crippen molar-refractivity contribution in [2.24, 2.45) is 5.92 Å². The van der Waals surface area contributed by atoms with E-state index in [1.54, 1.807) is 36.4 Å². The van der Waals surface area contributed by atoms with Crippen LogP contribution in [0.5, 0.6) is 0 Å². The summed E-state index contributed by atoms with van der Waals surface area (Å²) in [5.74, 6) is -3.01. The van der Waals surface area contributed by atoms with E-state index in [-0.39, 0.29) is 17.7 Å². The molecule has 0 radical (unpaired) electrons. The summed E-state index contributed by atoms with van der Waals surface area (Å²) in [4.78, 5) is 23.5. The normalized spacial score (nSPS) is 13.5. The molecule has 2 rings (SSSR count). The van der Waals surface area contributed by atoms with Gasteiger partial charge >= 0.3 is 11.9 Å². The summed E-state index contributed by atoms with van der Waals surface area (Å²) in [6.45, 7) is 1.83. The number of methoxy groups -OCH3 is 1. The average molecular weight is 440 g/mol. The van der Waals surface area contributed by atoms with Gasteiger partial charge in [0.2, 0.25) is 10.0 Å². The number of carboxylic acid groups (broad SMARTS) is 1. The lowest BCUT2D eigenvalue weighted by atomic mass is 9.90. The highest BCUT2D eigenvalue weighted by molar-refractivity contribution is 7.89. The van der Waals surface area contributed by atoms with Gasteiger partial charge in [0.15, 0.2) is 0 Å². The molecule has 0 saturated heterocycles. The second kappa shape index (κ2) is 9.87. The van der Waals surface area contributed by atoms with E-state index < -0.39 is 33.9 Å². The summed E-state index contributed by atoms with van der Waals surface area (Å²) in [6.07, 6.45) is -0.268. The predicted molar refractivity (Wildman–Crippen MR) is 108 cm³/mol. The molecule has 0 heterocycles. The van der Waals surface area contributed by atoms with E-state index in [9.17, 15) is 23.1 Å². The predicted octanol–water partition coefficient (Wildman–Crippen LogP) is 3.32. The van der Waals surface area contributed by atoms with Crippen LogP contribution < -0.4 is 4.72 Å². The number of nitrogens with one attached hydrogen (secondary N) is 1. The van der Waals surface area contributed by atoms with E-state index in [2.05, 4.69) is 9.46 Å². The van der Waals surface area contributed by atoms with E-state index in [4.69, 9.17) is 11.6 Å². The van der Waals surface area contributed by atoms with E-state index in [0.717, 1.165) is 5.56 Å². The van der Waals surface area contributed by atoms with E-state index in [1.807, 2.05) is 6.92 Å². The summed E-state index contributed by atoms with van der Waals surface area (Å²) in [5, 5.41) is 10.2. The molecule has 2 aromatic carbocycles. The molecule has 2 N–H and O–H groups in total. The standard InChI is InChI=1S/C20H22ClNO6S/c1-13-3-9-16(10-4-13)29(26,27)22-19(14-5-7-15(21)8-6-14)17(20(24)25)11-12-18(23)28-2/h3-10,17,19,22H,11-12H2,1-2H3,(H,24,25)/t17-,19-/m1/s1. The number of hydrogen-bond donors (Lipinski definition) is 2. The van der Waals surface area contributed by atoms with E-state index >= 15 is 0 Å². The summed E-state index contributed by atoms with van der Waals surface area (Å²) in [5.41, 5.74) is 1.31. The first-order valence-corrected chi connectivity index (χ1v) is 10.6. The zero-order chi connectivity index (χ0) is 21.6. The second-order valence-corrected chi connectivity index (χ2v) is 8.67. The molecule has 0 aliphatic heterocycles. The number of ether oxygens (including phenoxy) is 1. The zero-order valence-corrected chi connectivity index (χ0v) is 17.5. The Morgan fingerprint density at radius 1 is 1.10 bits per heavy atom. The number of rotatable bonds is 9. The van der Waals surface area contributed by atoms with Crippen molar-refractivity contribution < 1.29 is 27.9 Å². The van der Waals surface area contributed by atoms with Crippen LogP contribution in [0.2, 0.25) is 5.02 Å². The molecule has 29 heavy (non-hydrogen) atoms. The van der Waals surface area contributed by atoms with Gasteiger partial charge in [-0.25, -0.2) is 13.1 Å². The Hall–Kier alpha value is -2.42. The third-order valence-electron chi connectivity index (χ3n) is 4.45. The minimum Gasteiger partial charge on any atom is -0.481 e. The Morgan fingerprint density at radius 3 is 2.21 bits per heavy atom. The Bertz CT molecular complexity index is 957. The van der Waals surface area contributed by atoms with Crippen molar-refractivity contribution in [1.29, 1.82) is 0 Å². The Kier molecular flexibility index (Phi) is 7.78. The Morgan fingerprint density at radius 2 is 1.69 bits per heavy atom. The van der Waals surface area contributed by atoms with Gasteiger partial charge in [-0.2, -0.15) is 0 Å². The minimum absolute atomic E-state index is 0.0131. The largest absolute Gasteiger partial charge is 0.481 e. The number of carbonyl (C=O) groups is 2.